The molecule has 9 nitrogen and oxygen atoms in total. The van der Waals surface area contributed by atoms with Gasteiger partial charge in [-0.1, -0.05) is 57.7 Å². The monoisotopic (exact) mass is 668 g/mol. The van der Waals surface area contributed by atoms with Crippen molar-refractivity contribution in [2.45, 2.75) is 83.1 Å². The Morgan fingerprint density at radius 1 is 1.04 bits per heavy atom. The number of nitrogens with one attached hydrogen (secondary N) is 2. The minimum absolute atomic E-state index is 0.0178. The highest BCUT2D eigenvalue weighted by molar-refractivity contribution is 5.97. The maximum Gasteiger partial charge on any atom is 0.330 e. The number of Topliss-reactive ketones (excluding diaryl/α,β-unsaturated/α-hetero) is 1. The average Bonchev–Trinajstić information content (AvgIpc) is 3.39. The van der Waals surface area contributed by atoms with Crippen LogP contribution in [0, 0.1) is 29.0 Å². The van der Waals surface area contributed by atoms with E-state index in [-0.39, 0.29) is 35.4 Å². The highest BCUT2D eigenvalue weighted by Crippen LogP contribution is 2.37. The molecule has 1 saturated carbocycles. The van der Waals surface area contributed by atoms with Crippen molar-refractivity contribution in [3.63, 3.8) is 0 Å². The number of benzene rings is 2. The Balaban J connectivity index is 1.55. The number of halogens is 3. The third-order valence-electron chi connectivity index (χ3n) is 9.42. The van der Waals surface area contributed by atoms with Gasteiger partial charge in [-0.25, -0.2) is 4.39 Å². The van der Waals surface area contributed by atoms with Gasteiger partial charge < -0.3 is 20.3 Å². The van der Waals surface area contributed by atoms with Gasteiger partial charge in [-0.05, 0) is 48.6 Å². The van der Waals surface area contributed by atoms with E-state index in [9.17, 15) is 19.2 Å². The molecule has 1 saturated heterocycles. The van der Waals surface area contributed by atoms with E-state index in [0.29, 0.717) is 44.7 Å². The molecule has 2 aliphatic rings. The number of morpholine rings is 1. The molecule has 4 rings (SSSR count). The molecule has 2 fully saturated rings. The summed E-state index contributed by atoms with van der Waals surface area (Å²) in [4.78, 5) is 54.2. The van der Waals surface area contributed by atoms with Gasteiger partial charge in [-0.3, -0.25) is 19.2 Å². The zero-order chi connectivity index (χ0) is 34.8. The van der Waals surface area contributed by atoms with Crippen LogP contribution in [0.2, 0.25) is 0 Å². The topological polar surface area (TPSA) is 129 Å². The number of ketones is 1. The Morgan fingerprint density at radius 3 is 2.35 bits per heavy atom. The predicted octanol–water partition coefficient (Wildman–Crippen LogP) is 5.83. The number of ether oxygens (including phenoxy) is 1. The van der Waals surface area contributed by atoms with Crippen LogP contribution in [0.1, 0.15) is 87.8 Å². The number of nitriles is 1. The molecule has 2 aromatic rings. The minimum Gasteiger partial charge on any atom is -0.378 e. The van der Waals surface area contributed by atoms with Crippen LogP contribution in [0.5, 0.6) is 0 Å². The molecule has 0 bridgehead atoms. The number of carbonyl (C=O) groups is 4. The molecule has 48 heavy (non-hydrogen) atoms. The van der Waals surface area contributed by atoms with E-state index >= 15 is 13.2 Å². The Labute approximate surface area is 279 Å². The Hall–Kier alpha value is -4.24. The molecule has 0 spiro atoms. The van der Waals surface area contributed by atoms with Gasteiger partial charge in [-0.2, -0.15) is 14.0 Å². The van der Waals surface area contributed by atoms with Crippen LogP contribution in [0.25, 0.3) is 0 Å². The number of anilines is 1. The summed E-state index contributed by atoms with van der Waals surface area (Å²) in [6.07, 6.45) is 3.97. The Morgan fingerprint density at radius 2 is 1.73 bits per heavy atom. The smallest absolute Gasteiger partial charge is 0.330 e. The molecule has 0 aromatic heterocycles. The van der Waals surface area contributed by atoms with Gasteiger partial charge in [0.05, 0.1) is 30.5 Å². The molecular formula is C36H43F3N4O5. The molecule has 1 aliphatic carbocycles. The summed E-state index contributed by atoms with van der Waals surface area (Å²) in [5.41, 5.74) is -0.425. The van der Waals surface area contributed by atoms with E-state index in [2.05, 4.69) is 10.6 Å². The van der Waals surface area contributed by atoms with Crippen molar-refractivity contribution in [2.24, 2.45) is 11.8 Å². The van der Waals surface area contributed by atoms with E-state index in [1.165, 1.54) is 24.3 Å². The molecule has 1 heterocycles. The van der Waals surface area contributed by atoms with Crippen molar-refractivity contribution in [3.8, 4) is 6.07 Å². The lowest BCUT2D eigenvalue weighted by Gasteiger charge is -2.33. The van der Waals surface area contributed by atoms with Gasteiger partial charge in [0.25, 0.3) is 0 Å². The first-order valence-electron chi connectivity index (χ1n) is 16.6. The lowest BCUT2D eigenvalue weighted by atomic mass is 9.80. The molecule has 0 radical (unpaired) electrons. The summed E-state index contributed by atoms with van der Waals surface area (Å²) in [5, 5.41) is 14.4. The van der Waals surface area contributed by atoms with Crippen molar-refractivity contribution in [1.29, 1.82) is 5.26 Å². The average molecular weight is 669 g/mol. The lowest BCUT2D eigenvalue weighted by Crippen LogP contribution is -2.53. The number of amides is 3. The van der Waals surface area contributed by atoms with E-state index in [1.54, 1.807) is 30.9 Å². The molecule has 2 N–H and O–H groups in total. The van der Waals surface area contributed by atoms with E-state index < -0.39 is 53.3 Å². The molecule has 2 aromatic carbocycles. The van der Waals surface area contributed by atoms with Gasteiger partial charge in [0.1, 0.15) is 11.9 Å². The van der Waals surface area contributed by atoms with Gasteiger partial charge in [0.15, 0.2) is 0 Å². The third kappa shape index (κ3) is 9.01. The zero-order valence-corrected chi connectivity index (χ0v) is 27.4. The number of carbonyl (C=O) groups excluding carboxylic acids is 4. The number of hydrogen-bond acceptors (Lipinski definition) is 6. The molecule has 0 unspecified atom stereocenters. The van der Waals surface area contributed by atoms with E-state index in [0.717, 1.165) is 37.8 Å². The van der Waals surface area contributed by atoms with Crippen LogP contribution in [0.3, 0.4) is 0 Å². The standard InChI is InChI=1S/C36H43F3N4O5/c1-3-32(45)42-33(35(47)43-15-17-48-18-16-43)23(2)26-13-14-30(29(37)20-26)41-34(46)28(25-10-6-4-5-7-11-25)21-31(44)36(38,39)27-12-8-9-24(19-27)22-40/h8-9,12-14,19-20,23,25,28,33H,3-7,10-11,15-18,21H2,1-2H3,(H,41,46)(H,42,45)/t23-,28-,33+/m0/s1. The summed E-state index contributed by atoms with van der Waals surface area (Å²) >= 11 is 0. The van der Waals surface area contributed by atoms with Crippen molar-refractivity contribution in [1.82, 2.24) is 10.2 Å². The van der Waals surface area contributed by atoms with Crippen molar-refractivity contribution in [2.75, 3.05) is 31.6 Å². The number of alkyl halides is 2. The second-order valence-electron chi connectivity index (χ2n) is 12.6. The second-order valence-corrected chi connectivity index (χ2v) is 12.6. The molecule has 12 heteroatoms. The molecular weight excluding hydrogens is 625 g/mol. The fourth-order valence-corrected chi connectivity index (χ4v) is 6.45. The summed E-state index contributed by atoms with van der Waals surface area (Å²) in [5.74, 6) is -9.67. The van der Waals surface area contributed by atoms with Crippen molar-refractivity contribution >= 4 is 29.2 Å². The van der Waals surface area contributed by atoms with Gasteiger partial charge in [-0.15, -0.1) is 0 Å². The first-order chi connectivity index (χ1) is 23.0. The van der Waals surface area contributed by atoms with E-state index in [4.69, 9.17) is 10.00 Å². The second kappa shape index (κ2) is 16.7. The number of rotatable bonds is 12. The van der Waals surface area contributed by atoms with Crippen LogP contribution >= 0.6 is 0 Å². The third-order valence-corrected chi connectivity index (χ3v) is 9.42. The highest BCUT2D eigenvalue weighted by Gasteiger charge is 2.44. The molecule has 258 valence electrons. The number of hydrogen-bond donors (Lipinski definition) is 2. The molecule has 3 amide bonds. The number of nitrogens with zero attached hydrogens (tertiary/aromatic N) is 2. The maximum atomic E-state index is 15.6. The zero-order valence-electron chi connectivity index (χ0n) is 27.4. The van der Waals surface area contributed by atoms with Crippen LogP contribution in [0.4, 0.5) is 18.9 Å². The lowest BCUT2D eigenvalue weighted by molar-refractivity contribution is -0.147. The SMILES string of the molecule is CCC(=O)N[C@@H](C(=O)N1CCOCC1)[C@@H](C)c1ccc(NC(=O)[C@@H](CC(=O)C(F)(F)c2cccc(C#N)c2)C2CCCCCC2)c(F)c1. The van der Waals surface area contributed by atoms with Gasteiger partial charge in [0, 0.05) is 43.3 Å². The molecule has 3 atom stereocenters. The van der Waals surface area contributed by atoms with Gasteiger partial charge >= 0.3 is 5.92 Å². The first kappa shape index (κ1) is 36.6. The summed E-state index contributed by atoms with van der Waals surface area (Å²) in [7, 11) is 0. The van der Waals surface area contributed by atoms with E-state index in [1.807, 2.05) is 0 Å². The first-order valence-corrected chi connectivity index (χ1v) is 16.6. The Bertz CT molecular complexity index is 1510. The largest absolute Gasteiger partial charge is 0.378 e. The van der Waals surface area contributed by atoms with Crippen LogP contribution in [-0.4, -0.2) is 60.7 Å². The fraction of sp³-hybridized carbons (Fsp3) is 0.528. The summed E-state index contributed by atoms with van der Waals surface area (Å²) in [6, 6.07) is 9.56. The maximum absolute atomic E-state index is 15.6. The van der Waals surface area contributed by atoms with Crippen LogP contribution in [-0.2, 0) is 29.8 Å². The van der Waals surface area contributed by atoms with Crippen molar-refractivity contribution < 1.29 is 37.1 Å². The van der Waals surface area contributed by atoms with Crippen molar-refractivity contribution in [3.05, 3.63) is 65.0 Å². The van der Waals surface area contributed by atoms with Gasteiger partial charge in [0.2, 0.25) is 23.5 Å². The fourth-order valence-electron chi connectivity index (χ4n) is 6.45. The minimum atomic E-state index is -3.93. The predicted molar refractivity (Wildman–Crippen MR) is 172 cm³/mol. The summed E-state index contributed by atoms with van der Waals surface area (Å²) < 4.78 is 51.7. The quantitative estimate of drug-likeness (QED) is 0.274. The molecule has 1 aliphatic heterocycles. The highest BCUT2D eigenvalue weighted by atomic mass is 19.3. The Kier molecular flexibility index (Phi) is 12.8. The normalized spacial score (nSPS) is 17.7. The van der Waals surface area contributed by atoms with Crippen LogP contribution in [0.15, 0.2) is 42.5 Å². The summed E-state index contributed by atoms with van der Waals surface area (Å²) in [6.45, 7) is 4.84. The van der Waals surface area contributed by atoms with Crippen LogP contribution < -0.4 is 10.6 Å².